The van der Waals surface area contributed by atoms with E-state index < -0.39 is 6.10 Å². The molecular weight excluding hydrogens is 164 g/mol. The average Bonchev–Trinajstić information content (AvgIpc) is 2.15. The molecule has 1 rings (SSSR count). The van der Waals surface area contributed by atoms with Gasteiger partial charge in [0, 0.05) is 0 Å². The molecule has 1 radical (unpaired) electrons. The second kappa shape index (κ2) is 4.77. The van der Waals surface area contributed by atoms with E-state index in [0.29, 0.717) is 0 Å². The van der Waals surface area contributed by atoms with Gasteiger partial charge in [-0.05, 0) is 19.4 Å². The molecule has 0 aliphatic rings. The summed E-state index contributed by atoms with van der Waals surface area (Å²) in [6.07, 6.45) is 1.36. The number of hydrogen-bond donors (Lipinski definition) is 0. The molecule has 0 aliphatic heterocycles. The van der Waals surface area contributed by atoms with Crippen LogP contribution in [0.25, 0.3) is 0 Å². The molecule has 0 bridgehead atoms. The van der Waals surface area contributed by atoms with Gasteiger partial charge in [0.2, 0.25) is 6.29 Å². The standard InChI is InChI=1S/C11H13O2/c1-9(2)13-11(8-12)10-6-4-3-5-7-10/h3-7,9,11H,1-2H3. The van der Waals surface area contributed by atoms with Crippen LogP contribution in [0.1, 0.15) is 25.5 Å². The minimum absolute atomic E-state index is 0.0339. The van der Waals surface area contributed by atoms with Crippen molar-refractivity contribution >= 4 is 6.29 Å². The fraction of sp³-hybridized carbons (Fsp3) is 0.364. The van der Waals surface area contributed by atoms with Gasteiger partial charge in [0.1, 0.15) is 6.10 Å². The van der Waals surface area contributed by atoms with Crippen LogP contribution in [0.2, 0.25) is 0 Å². The summed E-state index contributed by atoms with van der Waals surface area (Å²) in [5.74, 6) is 0. The Morgan fingerprint density at radius 3 is 2.31 bits per heavy atom. The summed E-state index contributed by atoms with van der Waals surface area (Å²) in [6.45, 7) is 3.79. The Morgan fingerprint density at radius 2 is 1.85 bits per heavy atom. The zero-order valence-corrected chi connectivity index (χ0v) is 7.86. The van der Waals surface area contributed by atoms with E-state index in [1.807, 2.05) is 50.5 Å². The van der Waals surface area contributed by atoms with Gasteiger partial charge < -0.3 is 4.74 Å². The molecule has 0 amide bonds. The van der Waals surface area contributed by atoms with Gasteiger partial charge >= 0.3 is 0 Å². The van der Waals surface area contributed by atoms with Crippen molar-refractivity contribution in [2.24, 2.45) is 0 Å². The number of rotatable bonds is 4. The second-order valence-corrected chi connectivity index (χ2v) is 3.09. The van der Waals surface area contributed by atoms with Crippen molar-refractivity contribution in [3.05, 3.63) is 35.9 Å². The number of carbonyl (C=O) groups excluding carboxylic acids is 1. The van der Waals surface area contributed by atoms with E-state index >= 15 is 0 Å². The molecule has 0 saturated carbocycles. The molecule has 1 aromatic rings. The van der Waals surface area contributed by atoms with E-state index in [2.05, 4.69) is 0 Å². The largest absolute Gasteiger partial charge is 0.363 e. The monoisotopic (exact) mass is 177 g/mol. The van der Waals surface area contributed by atoms with Crippen LogP contribution in [-0.4, -0.2) is 12.4 Å². The van der Waals surface area contributed by atoms with Crippen molar-refractivity contribution in [1.29, 1.82) is 0 Å². The maximum Gasteiger partial charge on any atom is 0.234 e. The molecule has 1 unspecified atom stereocenters. The number of hydrogen-bond acceptors (Lipinski definition) is 2. The second-order valence-electron chi connectivity index (χ2n) is 3.09. The molecule has 1 aromatic carbocycles. The SMILES string of the molecule is CC(C)OC([C]=O)c1ccccc1. The van der Waals surface area contributed by atoms with E-state index in [1.54, 1.807) is 0 Å². The van der Waals surface area contributed by atoms with Crippen molar-refractivity contribution in [3.8, 4) is 0 Å². The van der Waals surface area contributed by atoms with Crippen LogP contribution in [-0.2, 0) is 9.53 Å². The van der Waals surface area contributed by atoms with Gasteiger partial charge in [0.25, 0.3) is 0 Å². The zero-order valence-electron chi connectivity index (χ0n) is 7.86. The summed E-state index contributed by atoms with van der Waals surface area (Å²) in [5, 5.41) is 0. The average molecular weight is 177 g/mol. The molecule has 0 aliphatic carbocycles. The Labute approximate surface area is 78.5 Å². The van der Waals surface area contributed by atoms with Crippen LogP contribution in [0, 0.1) is 0 Å². The third kappa shape index (κ3) is 2.99. The molecule has 0 saturated heterocycles. The van der Waals surface area contributed by atoms with Gasteiger partial charge in [-0.1, -0.05) is 30.3 Å². The summed E-state index contributed by atoms with van der Waals surface area (Å²) in [5.41, 5.74) is 0.853. The Kier molecular flexibility index (Phi) is 3.65. The van der Waals surface area contributed by atoms with E-state index in [4.69, 9.17) is 4.74 Å². The highest BCUT2D eigenvalue weighted by molar-refractivity contribution is 5.60. The highest BCUT2D eigenvalue weighted by atomic mass is 16.5. The van der Waals surface area contributed by atoms with E-state index in [1.165, 1.54) is 0 Å². The van der Waals surface area contributed by atoms with Gasteiger partial charge in [-0.15, -0.1) is 0 Å². The van der Waals surface area contributed by atoms with E-state index in [-0.39, 0.29) is 6.10 Å². The first-order valence-corrected chi connectivity index (χ1v) is 4.32. The number of benzene rings is 1. The van der Waals surface area contributed by atoms with Crippen LogP contribution in [0.3, 0.4) is 0 Å². The summed E-state index contributed by atoms with van der Waals surface area (Å²) in [4.78, 5) is 10.6. The lowest BCUT2D eigenvalue weighted by molar-refractivity contribution is 0.0445. The first-order chi connectivity index (χ1) is 6.24. The minimum Gasteiger partial charge on any atom is -0.363 e. The van der Waals surface area contributed by atoms with Gasteiger partial charge in [-0.3, -0.25) is 4.79 Å². The molecule has 13 heavy (non-hydrogen) atoms. The van der Waals surface area contributed by atoms with Gasteiger partial charge in [0.05, 0.1) is 6.10 Å². The van der Waals surface area contributed by atoms with E-state index in [0.717, 1.165) is 5.56 Å². The normalized spacial score (nSPS) is 12.8. The molecule has 0 heterocycles. The highest BCUT2D eigenvalue weighted by Gasteiger charge is 2.12. The molecule has 2 heteroatoms. The van der Waals surface area contributed by atoms with Crippen LogP contribution >= 0.6 is 0 Å². The van der Waals surface area contributed by atoms with Crippen LogP contribution in [0.5, 0.6) is 0 Å². The summed E-state index contributed by atoms with van der Waals surface area (Å²) in [6, 6.07) is 9.38. The van der Waals surface area contributed by atoms with Crippen molar-refractivity contribution in [3.63, 3.8) is 0 Å². The molecular formula is C11H13O2. The lowest BCUT2D eigenvalue weighted by Gasteiger charge is -2.13. The van der Waals surface area contributed by atoms with Crippen molar-refractivity contribution < 1.29 is 9.53 Å². The molecule has 0 aromatic heterocycles. The predicted molar refractivity (Wildman–Crippen MR) is 51.1 cm³/mol. The van der Waals surface area contributed by atoms with Crippen molar-refractivity contribution in [2.45, 2.75) is 26.1 Å². The third-order valence-electron chi connectivity index (χ3n) is 1.62. The van der Waals surface area contributed by atoms with Crippen molar-refractivity contribution in [2.75, 3.05) is 0 Å². The smallest absolute Gasteiger partial charge is 0.234 e. The third-order valence-corrected chi connectivity index (χ3v) is 1.62. The quantitative estimate of drug-likeness (QED) is 0.705. The van der Waals surface area contributed by atoms with E-state index in [9.17, 15) is 4.79 Å². The van der Waals surface area contributed by atoms with Crippen LogP contribution < -0.4 is 0 Å². The predicted octanol–water partition coefficient (Wildman–Crippen LogP) is 2.26. The Morgan fingerprint density at radius 1 is 1.23 bits per heavy atom. The molecule has 2 nitrogen and oxygen atoms in total. The molecule has 0 N–H and O–H groups in total. The Balaban J connectivity index is 2.73. The number of ether oxygens (including phenoxy) is 1. The van der Waals surface area contributed by atoms with Gasteiger partial charge in [-0.2, -0.15) is 0 Å². The summed E-state index contributed by atoms with van der Waals surface area (Å²) < 4.78 is 5.36. The fourth-order valence-corrected chi connectivity index (χ4v) is 1.07. The van der Waals surface area contributed by atoms with Crippen LogP contribution in [0.4, 0.5) is 0 Å². The Hall–Kier alpha value is -1.15. The van der Waals surface area contributed by atoms with Gasteiger partial charge in [0.15, 0.2) is 0 Å². The maximum absolute atomic E-state index is 10.6. The lowest BCUT2D eigenvalue weighted by Crippen LogP contribution is -2.11. The highest BCUT2D eigenvalue weighted by Crippen LogP contribution is 2.15. The molecule has 1 atom stereocenters. The zero-order chi connectivity index (χ0) is 9.68. The Bertz CT molecular complexity index is 254. The molecule has 0 fully saturated rings. The molecule has 69 valence electrons. The minimum atomic E-state index is -0.554. The lowest BCUT2D eigenvalue weighted by atomic mass is 10.1. The van der Waals surface area contributed by atoms with Gasteiger partial charge in [-0.25, -0.2) is 0 Å². The maximum atomic E-state index is 10.6. The summed E-state index contributed by atoms with van der Waals surface area (Å²) in [7, 11) is 0. The van der Waals surface area contributed by atoms with Crippen molar-refractivity contribution in [1.82, 2.24) is 0 Å². The first-order valence-electron chi connectivity index (χ1n) is 4.32. The fourth-order valence-electron chi connectivity index (χ4n) is 1.07. The van der Waals surface area contributed by atoms with Crippen LogP contribution in [0.15, 0.2) is 30.3 Å². The molecule has 0 spiro atoms. The summed E-state index contributed by atoms with van der Waals surface area (Å²) >= 11 is 0. The topological polar surface area (TPSA) is 26.3 Å². The first kappa shape index (κ1) is 9.93.